The van der Waals surface area contributed by atoms with E-state index in [9.17, 15) is 0 Å². The summed E-state index contributed by atoms with van der Waals surface area (Å²) in [5.74, 6) is 0.674. The van der Waals surface area contributed by atoms with Crippen LogP contribution in [0.5, 0.6) is 0 Å². The molecule has 1 heterocycles. The Bertz CT molecular complexity index is 447. The number of hydrogen-bond donors (Lipinski definition) is 1. The summed E-state index contributed by atoms with van der Waals surface area (Å²) >= 11 is 11.8. The quantitative estimate of drug-likeness (QED) is 0.478. The Morgan fingerprint density at radius 3 is 2.38 bits per heavy atom. The summed E-state index contributed by atoms with van der Waals surface area (Å²) in [6.07, 6.45) is 2.53. The van der Waals surface area contributed by atoms with Crippen molar-refractivity contribution in [1.82, 2.24) is 9.71 Å². The summed E-state index contributed by atoms with van der Waals surface area (Å²) in [5.41, 5.74) is 2.05. The monoisotopic (exact) mass is 392 g/mol. The van der Waals surface area contributed by atoms with Crippen LogP contribution in [0, 0.1) is 12.8 Å². The van der Waals surface area contributed by atoms with Crippen molar-refractivity contribution in [2.24, 2.45) is 5.92 Å². The Morgan fingerprint density at radius 2 is 1.95 bits per heavy atom. The lowest BCUT2D eigenvalue weighted by molar-refractivity contribution is 0.582. The van der Waals surface area contributed by atoms with E-state index in [0.29, 0.717) is 11.1 Å². The van der Waals surface area contributed by atoms with E-state index in [1.54, 1.807) is 11.9 Å². The molecule has 1 aliphatic carbocycles. The summed E-state index contributed by atoms with van der Waals surface area (Å²) in [5, 5.41) is 0.616. The van der Waals surface area contributed by atoms with Gasteiger partial charge < -0.3 is 0 Å². The first-order valence-corrected chi connectivity index (χ1v) is 9.53. The van der Waals surface area contributed by atoms with Gasteiger partial charge in [-0.05, 0) is 52.5 Å². The normalized spacial score (nSPS) is 16.2. The third-order valence-electron chi connectivity index (χ3n) is 2.99. The molecule has 0 aliphatic heterocycles. The lowest BCUT2D eigenvalue weighted by Gasteiger charge is -2.25. The average molecular weight is 394 g/mol. The van der Waals surface area contributed by atoms with Crippen LogP contribution in [0.2, 0.25) is 5.15 Å². The first-order valence-electron chi connectivity index (χ1n) is 7.54. The molecular weight excluding hydrogens is 368 g/mol. The molecule has 2 nitrogen and oxygen atoms in total. The number of pyridine rings is 1. The minimum absolute atomic E-state index is 0.185. The predicted molar refractivity (Wildman–Crippen MR) is 99.0 cm³/mol. The number of nitrogens with zero attached hydrogens (tertiary/aromatic N) is 1. The molecule has 1 saturated carbocycles. The van der Waals surface area contributed by atoms with Gasteiger partial charge in [-0.15, -0.1) is 0 Å². The largest absolute Gasteiger partial charge is 0.256 e. The molecular formula is C16H26BrClN2S. The lowest BCUT2D eigenvalue weighted by atomic mass is 10.1. The maximum atomic E-state index is 6.36. The number of aryl methyl sites for hydroxylation is 1. The van der Waals surface area contributed by atoms with Gasteiger partial charge in [0.1, 0.15) is 5.15 Å². The fourth-order valence-corrected chi connectivity index (χ4v) is 3.97. The van der Waals surface area contributed by atoms with Gasteiger partial charge in [0.25, 0.3) is 0 Å². The average Bonchev–Trinajstić information content (AvgIpc) is 3.17. The Labute approximate surface area is 147 Å². The second-order valence-electron chi connectivity index (χ2n) is 6.10. The molecule has 2 rings (SSSR count). The highest BCUT2D eigenvalue weighted by atomic mass is 79.9. The minimum Gasteiger partial charge on any atom is -0.256 e. The van der Waals surface area contributed by atoms with Gasteiger partial charge in [-0.2, -0.15) is 0 Å². The Balaban J connectivity index is 0.00000106. The molecule has 0 saturated heterocycles. The van der Waals surface area contributed by atoms with E-state index >= 15 is 0 Å². The van der Waals surface area contributed by atoms with Crippen LogP contribution in [0.4, 0.5) is 0 Å². The van der Waals surface area contributed by atoms with Crippen molar-refractivity contribution in [3.05, 3.63) is 26.9 Å². The molecule has 120 valence electrons. The number of nitrogens with one attached hydrogen (secondary N) is 1. The summed E-state index contributed by atoms with van der Waals surface area (Å²) in [7, 11) is 0. The van der Waals surface area contributed by atoms with Crippen molar-refractivity contribution < 1.29 is 0 Å². The van der Waals surface area contributed by atoms with Gasteiger partial charge in [0.05, 0.1) is 0 Å². The summed E-state index contributed by atoms with van der Waals surface area (Å²) in [6.45, 7) is 12.6. The third kappa shape index (κ3) is 6.09. The molecule has 0 bridgehead atoms. The molecule has 1 aromatic heterocycles. The first kappa shape index (κ1) is 19.3. The molecule has 0 radical (unpaired) electrons. The van der Waals surface area contributed by atoms with Gasteiger partial charge >= 0.3 is 0 Å². The molecule has 1 unspecified atom stereocenters. The fourth-order valence-electron chi connectivity index (χ4n) is 1.94. The van der Waals surface area contributed by atoms with Gasteiger partial charge in [-0.3, -0.25) is 4.72 Å². The molecule has 0 amide bonds. The summed E-state index contributed by atoms with van der Waals surface area (Å²) in [4.78, 5) is 4.40. The van der Waals surface area contributed by atoms with E-state index in [4.69, 9.17) is 11.6 Å². The van der Waals surface area contributed by atoms with Gasteiger partial charge in [-0.25, -0.2) is 4.98 Å². The van der Waals surface area contributed by atoms with Crippen molar-refractivity contribution in [3.8, 4) is 0 Å². The zero-order valence-corrected chi connectivity index (χ0v) is 16.9. The standard InChI is InChI=1S/C14H20BrClN2S.C2H6/c1-8-7-10(15)11(13(16)17-8)12(9-5-6-9)18-19-14(2,3)4;1-2/h7,9,12,18H,5-6H2,1-4H3;1-2H3. The molecule has 1 N–H and O–H groups in total. The highest BCUT2D eigenvalue weighted by molar-refractivity contribution is 9.10. The van der Waals surface area contributed by atoms with E-state index in [1.165, 1.54) is 12.8 Å². The van der Waals surface area contributed by atoms with Crippen LogP contribution in [0.15, 0.2) is 10.5 Å². The van der Waals surface area contributed by atoms with Crippen LogP contribution in [0.1, 0.15) is 64.8 Å². The third-order valence-corrected chi connectivity index (χ3v) is 4.91. The molecule has 1 fully saturated rings. The zero-order chi connectivity index (χ0) is 16.2. The SMILES string of the molecule is CC.Cc1cc(Br)c(C(NSC(C)(C)C)C2CC2)c(Cl)n1. The van der Waals surface area contributed by atoms with E-state index in [0.717, 1.165) is 15.7 Å². The fraction of sp³-hybridized carbons (Fsp3) is 0.688. The van der Waals surface area contributed by atoms with Gasteiger partial charge in [0.15, 0.2) is 0 Å². The molecule has 1 atom stereocenters. The van der Waals surface area contributed by atoms with Crippen molar-refractivity contribution in [2.75, 3.05) is 0 Å². The van der Waals surface area contributed by atoms with Crippen molar-refractivity contribution in [1.29, 1.82) is 0 Å². The molecule has 0 aromatic carbocycles. The van der Waals surface area contributed by atoms with Crippen LogP contribution in [0.3, 0.4) is 0 Å². The van der Waals surface area contributed by atoms with E-state index in [2.05, 4.69) is 46.4 Å². The second kappa shape index (κ2) is 8.19. The number of halogens is 2. The van der Waals surface area contributed by atoms with Crippen LogP contribution in [-0.4, -0.2) is 9.73 Å². The highest BCUT2D eigenvalue weighted by Gasteiger charge is 2.35. The van der Waals surface area contributed by atoms with Crippen molar-refractivity contribution in [3.63, 3.8) is 0 Å². The van der Waals surface area contributed by atoms with Crippen LogP contribution in [0.25, 0.3) is 0 Å². The molecule has 21 heavy (non-hydrogen) atoms. The van der Waals surface area contributed by atoms with Crippen LogP contribution >= 0.6 is 39.5 Å². The molecule has 0 spiro atoms. The van der Waals surface area contributed by atoms with Crippen LogP contribution < -0.4 is 4.72 Å². The Hall–Kier alpha value is 0.230. The number of rotatable bonds is 4. The molecule has 1 aliphatic rings. The predicted octanol–water partition coefficient (Wildman–Crippen LogP) is 6.32. The maximum absolute atomic E-state index is 6.36. The smallest absolute Gasteiger partial charge is 0.135 e. The van der Waals surface area contributed by atoms with E-state index in [1.807, 2.05) is 26.8 Å². The number of hydrogen-bond acceptors (Lipinski definition) is 3. The maximum Gasteiger partial charge on any atom is 0.135 e. The zero-order valence-electron chi connectivity index (χ0n) is 13.8. The van der Waals surface area contributed by atoms with Crippen molar-refractivity contribution >= 4 is 39.5 Å². The molecule has 1 aromatic rings. The second-order valence-corrected chi connectivity index (χ2v) is 8.97. The molecule has 5 heteroatoms. The minimum atomic E-state index is 0.185. The van der Waals surface area contributed by atoms with Crippen molar-refractivity contribution in [2.45, 2.75) is 65.2 Å². The van der Waals surface area contributed by atoms with E-state index in [-0.39, 0.29) is 10.8 Å². The Morgan fingerprint density at radius 1 is 1.38 bits per heavy atom. The van der Waals surface area contributed by atoms with Gasteiger partial charge in [0, 0.05) is 26.5 Å². The highest BCUT2D eigenvalue weighted by Crippen LogP contribution is 2.46. The Kier molecular flexibility index (Phi) is 7.51. The summed E-state index contributed by atoms with van der Waals surface area (Å²) in [6, 6.07) is 2.32. The lowest BCUT2D eigenvalue weighted by Crippen LogP contribution is -2.24. The topological polar surface area (TPSA) is 24.9 Å². The van der Waals surface area contributed by atoms with Gasteiger partial charge in [0.2, 0.25) is 0 Å². The number of aromatic nitrogens is 1. The van der Waals surface area contributed by atoms with Gasteiger partial charge in [-0.1, -0.05) is 53.3 Å². The van der Waals surface area contributed by atoms with Crippen LogP contribution in [-0.2, 0) is 0 Å². The first-order chi connectivity index (χ1) is 9.78. The van der Waals surface area contributed by atoms with E-state index < -0.39 is 0 Å². The summed E-state index contributed by atoms with van der Waals surface area (Å²) < 4.78 is 4.85.